The minimum Gasteiger partial charge on any atom is -0.303 e. The minimum absolute atomic E-state index is 0.538. The maximum atomic E-state index is 11.6. The smallest absolute Gasteiger partial charge is 0.303 e. The molecule has 0 aromatic carbocycles. The fourth-order valence-electron chi connectivity index (χ4n) is 5.08. The van der Waals surface area contributed by atoms with Gasteiger partial charge >= 0.3 is 7.82 Å². The van der Waals surface area contributed by atoms with Gasteiger partial charge in [-0.3, -0.25) is 4.52 Å². The van der Waals surface area contributed by atoms with Crippen LogP contribution < -0.4 is 0 Å². The molecule has 29 heavy (non-hydrogen) atoms. The van der Waals surface area contributed by atoms with E-state index in [0.717, 1.165) is 38.5 Å². The van der Waals surface area contributed by atoms with E-state index in [0.29, 0.717) is 5.92 Å². The fourth-order valence-corrected chi connectivity index (χ4v) is 5.84. The Labute approximate surface area is 180 Å². The summed E-state index contributed by atoms with van der Waals surface area (Å²) in [6, 6.07) is 0. The van der Waals surface area contributed by atoms with Crippen molar-refractivity contribution in [1.82, 2.24) is 0 Å². The monoisotopic (exact) mass is 432 g/mol. The largest absolute Gasteiger partial charge is 0.470 e. The van der Waals surface area contributed by atoms with Gasteiger partial charge in [-0.05, 0) is 25.2 Å². The van der Waals surface area contributed by atoms with Gasteiger partial charge in [0.2, 0.25) is 0 Å². The van der Waals surface area contributed by atoms with Crippen molar-refractivity contribution in [2.45, 2.75) is 148 Å². The van der Waals surface area contributed by atoms with Gasteiger partial charge in [-0.25, -0.2) is 4.57 Å². The van der Waals surface area contributed by atoms with Crippen LogP contribution in [0.5, 0.6) is 0 Å². The van der Waals surface area contributed by atoms with E-state index < -0.39 is 13.4 Å². The SMILES string of the molecule is CCCCCCCCCCCC(CCCCC)CC1(OP(=O)(O)O)CCCCC1. The molecule has 1 rings (SSSR count). The molecule has 0 amide bonds. The number of unbranched alkanes of at least 4 members (excludes halogenated alkanes) is 10. The minimum atomic E-state index is -4.44. The average Bonchev–Trinajstić information content (AvgIpc) is 2.66. The third kappa shape index (κ3) is 13.9. The Morgan fingerprint density at radius 1 is 0.759 bits per heavy atom. The van der Waals surface area contributed by atoms with Gasteiger partial charge in [0.1, 0.15) is 0 Å². The molecule has 4 nitrogen and oxygen atoms in total. The third-order valence-corrected chi connectivity index (χ3v) is 7.30. The Morgan fingerprint density at radius 3 is 1.72 bits per heavy atom. The van der Waals surface area contributed by atoms with Crippen molar-refractivity contribution in [3.63, 3.8) is 0 Å². The van der Waals surface area contributed by atoms with Crippen LogP contribution in [0.15, 0.2) is 0 Å². The molecule has 0 radical (unpaired) electrons. The van der Waals surface area contributed by atoms with E-state index >= 15 is 0 Å². The molecule has 0 heterocycles. The molecular formula is C24H49O4P. The zero-order valence-corrected chi connectivity index (χ0v) is 20.3. The normalized spacial score (nSPS) is 18.1. The molecule has 0 saturated heterocycles. The van der Waals surface area contributed by atoms with Crippen molar-refractivity contribution in [3.05, 3.63) is 0 Å². The number of hydrogen-bond donors (Lipinski definition) is 2. The van der Waals surface area contributed by atoms with Crippen LogP contribution in [0.3, 0.4) is 0 Å². The van der Waals surface area contributed by atoms with Crippen molar-refractivity contribution in [3.8, 4) is 0 Å². The summed E-state index contributed by atoms with van der Waals surface area (Å²) in [5.41, 5.74) is -0.590. The van der Waals surface area contributed by atoms with Crippen LogP contribution in [0.4, 0.5) is 0 Å². The van der Waals surface area contributed by atoms with Gasteiger partial charge in [0.25, 0.3) is 0 Å². The first-order valence-corrected chi connectivity index (χ1v) is 14.2. The molecular weight excluding hydrogens is 383 g/mol. The molecule has 1 unspecified atom stereocenters. The molecule has 174 valence electrons. The molecule has 1 aliphatic rings. The lowest BCUT2D eigenvalue weighted by Gasteiger charge is -2.39. The zero-order valence-electron chi connectivity index (χ0n) is 19.4. The summed E-state index contributed by atoms with van der Waals surface area (Å²) in [5.74, 6) is 0.538. The molecule has 5 heteroatoms. The van der Waals surface area contributed by atoms with Crippen molar-refractivity contribution in [1.29, 1.82) is 0 Å². The fraction of sp³-hybridized carbons (Fsp3) is 1.00. The average molecular weight is 433 g/mol. The lowest BCUT2D eigenvalue weighted by molar-refractivity contribution is -0.0185. The second-order valence-corrected chi connectivity index (χ2v) is 10.7. The highest BCUT2D eigenvalue weighted by Crippen LogP contribution is 2.50. The molecule has 1 aliphatic carbocycles. The van der Waals surface area contributed by atoms with E-state index in [9.17, 15) is 14.4 Å². The Balaban J connectivity index is 2.45. The Hall–Kier alpha value is 0.110. The first-order valence-electron chi connectivity index (χ1n) is 12.7. The number of phosphoric acid groups is 1. The lowest BCUT2D eigenvalue weighted by Crippen LogP contribution is -2.36. The van der Waals surface area contributed by atoms with Crippen LogP contribution in [0.1, 0.15) is 142 Å². The molecule has 0 aromatic rings. The summed E-state index contributed by atoms with van der Waals surface area (Å²) in [7, 11) is -4.44. The first-order chi connectivity index (χ1) is 13.9. The van der Waals surface area contributed by atoms with E-state index in [1.54, 1.807) is 0 Å². The Kier molecular flexibility index (Phi) is 14.8. The third-order valence-electron chi connectivity index (χ3n) is 6.67. The second-order valence-electron chi connectivity index (χ2n) is 9.51. The number of phosphoric ester groups is 1. The molecule has 0 aromatic heterocycles. The maximum absolute atomic E-state index is 11.6. The lowest BCUT2D eigenvalue weighted by atomic mass is 9.76. The second kappa shape index (κ2) is 15.8. The first kappa shape index (κ1) is 27.1. The number of rotatable bonds is 18. The van der Waals surface area contributed by atoms with E-state index in [1.807, 2.05) is 0 Å². The van der Waals surface area contributed by atoms with Gasteiger partial charge in [-0.2, -0.15) is 0 Å². The molecule has 0 bridgehead atoms. The Bertz CT molecular complexity index is 429. The van der Waals surface area contributed by atoms with Gasteiger partial charge in [-0.1, -0.05) is 123 Å². The van der Waals surface area contributed by atoms with Crippen LogP contribution >= 0.6 is 7.82 Å². The van der Waals surface area contributed by atoms with Crippen molar-refractivity contribution >= 4 is 7.82 Å². The van der Waals surface area contributed by atoms with Crippen molar-refractivity contribution in [2.75, 3.05) is 0 Å². The quantitative estimate of drug-likeness (QED) is 0.169. The van der Waals surface area contributed by atoms with Crippen molar-refractivity contribution < 1.29 is 18.9 Å². The summed E-state index contributed by atoms with van der Waals surface area (Å²) in [6.07, 6.45) is 23.8. The van der Waals surface area contributed by atoms with Gasteiger partial charge in [0.15, 0.2) is 0 Å². The number of hydrogen-bond acceptors (Lipinski definition) is 2. The van der Waals surface area contributed by atoms with Gasteiger partial charge in [-0.15, -0.1) is 0 Å². The topological polar surface area (TPSA) is 66.8 Å². The highest BCUT2D eigenvalue weighted by molar-refractivity contribution is 7.46. The summed E-state index contributed by atoms with van der Waals surface area (Å²) >= 11 is 0. The molecule has 0 spiro atoms. The highest BCUT2D eigenvalue weighted by Gasteiger charge is 2.40. The van der Waals surface area contributed by atoms with E-state index in [4.69, 9.17) is 4.52 Å². The summed E-state index contributed by atoms with van der Waals surface area (Å²) in [6.45, 7) is 4.49. The van der Waals surface area contributed by atoms with E-state index in [2.05, 4.69) is 13.8 Å². The van der Waals surface area contributed by atoms with Crippen LogP contribution in [0.2, 0.25) is 0 Å². The summed E-state index contributed by atoms with van der Waals surface area (Å²) in [5, 5.41) is 0. The molecule has 2 N–H and O–H groups in total. The molecule has 0 aliphatic heterocycles. The molecule has 1 fully saturated rings. The van der Waals surface area contributed by atoms with Crippen molar-refractivity contribution in [2.24, 2.45) is 5.92 Å². The zero-order chi connectivity index (χ0) is 21.4. The van der Waals surface area contributed by atoms with Gasteiger partial charge in [0.05, 0.1) is 5.60 Å². The molecule has 1 atom stereocenters. The summed E-state index contributed by atoms with van der Waals surface area (Å²) < 4.78 is 17.1. The summed E-state index contributed by atoms with van der Waals surface area (Å²) in [4.78, 5) is 19.0. The standard InChI is InChI=1S/C24H49O4P/c1-3-5-7-8-9-10-11-12-15-19-23(18-14-6-4-2)22-24(28-29(25,26)27)20-16-13-17-21-24/h23H,3-22H2,1-2H3,(H2,25,26,27). The Morgan fingerprint density at radius 2 is 1.21 bits per heavy atom. The van der Waals surface area contributed by atoms with E-state index in [1.165, 1.54) is 89.9 Å². The predicted octanol–water partition coefficient (Wildman–Crippen LogP) is 8.31. The van der Waals surface area contributed by atoms with Gasteiger partial charge in [0, 0.05) is 0 Å². The van der Waals surface area contributed by atoms with Crippen LogP contribution in [0.25, 0.3) is 0 Å². The van der Waals surface area contributed by atoms with E-state index in [-0.39, 0.29) is 0 Å². The van der Waals surface area contributed by atoms with Crippen LogP contribution in [-0.4, -0.2) is 15.4 Å². The van der Waals surface area contributed by atoms with Gasteiger partial charge < -0.3 is 9.79 Å². The van der Waals surface area contributed by atoms with Crippen LogP contribution in [-0.2, 0) is 9.09 Å². The highest BCUT2D eigenvalue weighted by atomic mass is 31.2. The predicted molar refractivity (Wildman–Crippen MR) is 123 cm³/mol. The maximum Gasteiger partial charge on any atom is 0.470 e. The van der Waals surface area contributed by atoms with Crippen LogP contribution in [0, 0.1) is 5.92 Å². The molecule has 1 saturated carbocycles.